The molecule has 2 aliphatic heterocycles. The average molecular weight is 391 g/mol. The SMILES string of the molecule is O=C1C=C(CN2CCCCC2)OC(c2ccc(OCc3ccccc3)cc2)C1=O. The smallest absolute Gasteiger partial charge is 0.247 e. The third-order valence-corrected chi connectivity index (χ3v) is 5.30. The van der Waals surface area contributed by atoms with Crippen molar-refractivity contribution in [2.24, 2.45) is 0 Å². The van der Waals surface area contributed by atoms with Crippen LogP contribution in [0.2, 0.25) is 0 Å². The molecule has 4 rings (SSSR count). The van der Waals surface area contributed by atoms with Crippen LogP contribution in [-0.2, 0) is 20.9 Å². The van der Waals surface area contributed by atoms with Gasteiger partial charge in [-0.1, -0.05) is 48.9 Å². The summed E-state index contributed by atoms with van der Waals surface area (Å²) < 4.78 is 11.7. The second-order valence-electron chi connectivity index (χ2n) is 7.52. The average Bonchev–Trinajstić information content (AvgIpc) is 2.76. The summed E-state index contributed by atoms with van der Waals surface area (Å²) in [6.45, 7) is 3.05. The Labute approximate surface area is 170 Å². The summed E-state index contributed by atoms with van der Waals surface area (Å²) in [5, 5.41) is 0. The van der Waals surface area contributed by atoms with E-state index in [1.807, 2.05) is 42.5 Å². The van der Waals surface area contributed by atoms with Crippen molar-refractivity contribution < 1.29 is 19.1 Å². The van der Waals surface area contributed by atoms with Gasteiger partial charge in [0.1, 0.15) is 18.1 Å². The van der Waals surface area contributed by atoms with Crippen LogP contribution in [0.15, 0.2) is 66.4 Å². The molecule has 2 aliphatic rings. The highest BCUT2D eigenvalue weighted by molar-refractivity contribution is 6.43. The van der Waals surface area contributed by atoms with Crippen molar-refractivity contribution >= 4 is 11.6 Å². The molecule has 1 unspecified atom stereocenters. The van der Waals surface area contributed by atoms with Crippen LogP contribution in [0.4, 0.5) is 0 Å². The van der Waals surface area contributed by atoms with E-state index in [4.69, 9.17) is 9.47 Å². The van der Waals surface area contributed by atoms with Gasteiger partial charge in [0, 0.05) is 11.6 Å². The molecule has 29 heavy (non-hydrogen) atoms. The van der Waals surface area contributed by atoms with E-state index >= 15 is 0 Å². The van der Waals surface area contributed by atoms with Crippen LogP contribution in [0, 0.1) is 0 Å². The minimum absolute atomic E-state index is 0.472. The van der Waals surface area contributed by atoms with Crippen LogP contribution >= 0.6 is 0 Å². The Kier molecular flexibility index (Phi) is 6.06. The molecule has 0 spiro atoms. The maximum absolute atomic E-state index is 12.4. The van der Waals surface area contributed by atoms with Gasteiger partial charge in [0.05, 0.1) is 6.54 Å². The quantitative estimate of drug-likeness (QED) is 0.700. The first-order chi connectivity index (χ1) is 14.2. The molecule has 2 heterocycles. The van der Waals surface area contributed by atoms with Crippen molar-refractivity contribution in [1.82, 2.24) is 4.90 Å². The Hall–Kier alpha value is -2.92. The van der Waals surface area contributed by atoms with Gasteiger partial charge in [0.25, 0.3) is 0 Å². The van der Waals surface area contributed by atoms with Gasteiger partial charge in [-0.3, -0.25) is 14.5 Å². The molecule has 0 amide bonds. The van der Waals surface area contributed by atoms with E-state index in [0.29, 0.717) is 30.2 Å². The van der Waals surface area contributed by atoms with Crippen LogP contribution < -0.4 is 4.74 Å². The minimum atomic E-state index is -0.879. The molecule has 0 bridgehead atoms. The molecule has 1 fully saturated rings. The second kappa shape index (κ2) is 9.05. The standard InChI is InChI=1S/C24H25NO4/c26-22-15-21(16-25-13-5-2-6-14-25)29-24(23(22)27)19-9-11-20(12-10-19)28-17-18-7-3-1-4-8-18/h1,3-4,7-12,15,24H,2,5-6,13-14,16-17H2. The highest BCUT2D eigenvalue weighted by atomic mass is 16.5. The van der Waals surface area contributed by atoms with E-state index in [1.165, 1.54) is 12.5 Å². The van der Waals surface area contributed by atoms with E-state index in [2.05, 4.69) is 4.90 Å². The molecule has 150 valence electrons. The summed E-state index contributed by atoms with van der Waals surface area (Å²) in [6, 6.07) is 17.1. The monoisotopic (exact) mass is 391 g/mol. The fraction of sp³-hybridized carbons (Fsp3) is 0.333. The van der Waals surface area contributed by atoms with Gasteiger partial charge in [0.15, 0.2) is 6.10 Å². The van der Waals surface area contributed by atoms with Crippen LogP contribution in [0.3, 0.4) is 0 Å². The molecule has 5 nitrogen and oxygen atoms in total. The lowest BCUT2D eigenvalue weighted by atomic mass is 9.99. The fourth-order valence-electron chi connectivity index (χ4n) is 3.71. The van der Waals surface area contributed by atoms with Crippen LogP contribution in [0.5, 0.6) is 5.75 Å². The molecular weight excluding hydrogens is 366 g/mol. The first-order valence-electron chi connectivity index (χ1n) is 10.1. The van der Waals surface area contributed by atoms with Gasteiger partial charge in [-0.25, -0.2) is 0 Å². The number of benzene rings is 2. The first-order valence-corrected chi connectivity index (χ1v) is 10.1. The maximum Gasteiger partial charge on any atom is 0.247 e. The zero-order chi connectivity index (χ0) is 20.1. The molecule has 0 saturated carbocycles. The number of hydrogen-bond acceptors (Lipinski definition) is 5. The third kappa shape index (κ3) is 4.93. The molecule has 0 aromatic heterocycles. The number of likely N-dealkylation sites (tertiary alicyclic amines) is 1. The predicted octanol–water partition coefficient (Wildman–Crippen LogP) is 3.84. The van der Waals surface area contributed by atoms with Gasteiger partial charge < -0.3 is 9.47 Å². The fourth-order valence-corrected chi connectivity index (χ4v) is 3.71. The summed E-state index contributed by atoms with van der Waals surface area (Å²) in [7, 11) is 0. The van der Waals surface area contributed by atoms with Gasteiger partial charge in [0.2, 0.25) is 11.6 Å². The largest absolute Gasteiger partial charge is 0.489 e. The normalized spacial score (nSPS) is 20.1. The van der Waals surface area contributed by atoms with Gasteiger partial charge in [-0.15, -0.1) is 0 Å². The number of piperidine rings is 1. The maximum atomic E-state index is 12.4. The lowest BCUT2D eigenvalue weighted by Crippen LogP contribution is -2.35. The zero-order valence-corrected chi connectivity index (χ0v) is 16.4. The molecule has 0 aliphatic carbocycles. The number of nitrogens with zero attached hydrogens (tertiary/aromatic N) is 1. The number of hydrogen-bond donors (Lipinski definition) is 0. The number of carbonyl (C=O) groups is 2. The van der Waals surface area contributed by atoms with Crippen molar-refractivity contribution in [3.63, 3.8) is 0 Å². The number of rotatable bonds is 6. The Morgan fingerprint density at radius 3 is 2.38 bits per heavy atom. The number of allylic oxidation sites excluding steroid dienone is 1. The molecule has 5 heteroatoms. The summed E-state index contributed by atoms with van der Waals surface area (Å²) in [4.78, 5) is 26.9. The Morgan fingerprint density at radius 1 is 0.931 bits per heavy atom. The molecule has 0 radical (unpaired) electrons. The van der Waals surface area contributed by atoms with E-state index in [9.17, 15) is 9.59 Å². The van der Waals surface area contributed by atoms with Gasteiger partial charge >= 0.3 is 0 Å². The van der Waals surface area contributed by atoms with Crippen LogP contribution in [-0.4, -0.2) is 36.1 Å². The summed E-state index contributed by atoms with van der Waals surface area (Å²) in [6.07, 6.45) is 4.04. The van der Waals surface area contributed by atoms with Gasteiger partial charge in [-0.05, 0) is 43.6 Å². The summed E-state index contributed by atoms with van der Waals surface area (Å²) in [5.74, 6) is 0.269. The van der Waals surface area contributed by atoms with E-state index in [-0.39, 0.29) is 0 Å². The number of ether oxygens (including phenoxy) is 2. The van der Waals surface area contributed by atoms with E-state index in [0.717, 1.165) is 31.5 Å². The third-order valence-electron chi connectivity index (χ3n) is 5.30. The zero-order valence-electron chi connectivity index (χ0n) is 16.4. The highest BCUT2D eigenvalue weighted by Gasteiger charge is 2.33. The van der Waals surface area contributed by atoms with Crippen molar-refractivity contribution in [2.75, 3.05) is 19.6 Å². The minimum Gasteiger partial charge on any atom is -0.489 e. The second-order valence-corrected chi connectivity index (χ2v) is 7.52. The molecule has 0 N–H and O–H groups in total. The summed E-state index contributed by atoms with van der Waals surface area (Å²) >= 11 is 0. The van der Waals surface area contributed by atoms with Crippen molar-refractivity contribution in [1.29, 1.82) is 0 Å². The molecular formula is C24H25NO4. The van der Waals surface area contributed by atoms with Crippen LogP contribution in [0.1, 0.15) is 36.5 Å². The van der Waals surface area contributed by atoms with Crippen LogP contribution in [0.25, 0.3) is 0 Å². The first kappa shape index (κ1) is 19.4. The van der Waals surface area contributed by atoms with E-state index < -0.39 is 17.7 Å². The van der Waals surface area contributed by atoms with E-state index in [1.54, 1.807) is 12.1 Å². The number of Topliss-reactive ketones (excluding diaryl/α,β-unsaturated/α-hetero) is 1. The summed E-state index contributed by atoms with van der Waals surface area (Å²) in [5.41, 5.74) is 1.75. The molecule has 1 atom stereocenters. The lowest BCUT2D eigenvalue weighted by Gasteiger charge is -2.30. The van der Waals surface area contributed by atoms with Crippen molar-refractivity contribution in [2.45, 2.75) is 32.0 Å². The van der Waals surface area contributed by atoms with Gasteiger partial charge in [-0.2, -0.15) is 0 Å². The molecule has 2 aromatic carbocycles. The van der Waals surface area contributed by atoms with Crippen molar-refractivity contribution in [3.05, 3.63) is 77.6 Å². The predicted molar refractivity (Wildman–Crippen MR) is 109 cm³/mol. The topological polar surface area (TPSA) is 55.8 Å². The highest BCUT2D eigenvalue weighted by Crippen LogP contribution is 2.28. The number of carbonyl (C=O) groups excluding carboxylic acids is 2. The number of ketones is 2. The molecule has 2 aromatic rings. The van der Waals surface area contributed by atoms with Crippen molar-refractivity contribution in [3.8, 4) is 5.75 Å². The Morgan fingerprint density at radius 2 is 1.66 bits per heavy atom. The Bertz CT molecular complexity index is 883. The lowest BCUT2D eigenvalue weighted by molar-refractivity contribution is -0.142. The Balaban J connectivity index is 1.40. The molecule has 1 saturated heterocycles.